The number of aliphatic hydroxyl groups is 6. The molecular weight excluding hydrogens is 1360 g/mol. The molecule has 3 aliphatic rings. The first-order valence-electron chi connectivity index (χ1n) is 32.9. The molecule has 0 saturated carbocycles. The Morgan fingerprint density at radius 3 is 1.35 bits per heavy atom. The molecule has 3 aliphatic heterocycles. The van der Waals surface area contributed by atoms with Crippen LogP contribution in [0.25, 0.3) is 0 Å². The fourth-order valence-corrected chi connectivity index (χ4v) is 10.7. The van der Waals surface area contributed by atoms with Gasteiger partial charge in [0, 0.05) is 111 Å². The van der Waals surface area contributed by atoms with Crippen LogP contribution in [-0.4, -0.2) is 369 Å². The van der Waals surface area contributed by atoms with Crippen molar-refractivity contribution in [1.29, 1.82) is 0 Å². The number of rotatable bonds is 38. The Labute approximate surface area is 588 Å². The number of hydrogen-bond acceptors (Lipinski definition) is 30. The lowest BCUT2D eigenvalue weighted by Gasteiger charge is -2.41. The van der Waals surface area contributed by atoms with Gasteiger partial charge >= 0.3 is 48.1 Å². The standard InChI is InChI=1S/C37H59N5O18.C25H41N5O6.2CO2/c1-40-12-14-41(20-26(45)46)15-17-42(16-13-40)23(34(52)53)7-8-25(44)39-10-2-18-58-22-5-3-21(4-6-22)9-11-38-19-24(43)27(47)32(31(51)35(54)55)59-37-30(50)28(48)29(49)33(60-37)36(56)57;1-28-12-14-29(19-24(32)33)15-17-30(16-13-28)22(25(34)35)7-8-23(31)27-11-2-18-36-21-5-3-20(4-6-21)9-10-26;2*2-1-3/h3-6,23-24,27-33,37-38,43,47-51H,2,7-20H2,1H3,(H,39,44)(H,45,46)(H,52,53)(H,54,55)(H,56,57);3-6,22H,2,7-19,26H2,1H3,(H,27,31)(H,32,33)(H,34,35);;. The van der Waals surface area contributed by atoms with Crippen LogP contribution >= 0.6 is 0 Å². The second-order valence-corrected chi connectivity index (χ2v) is 24.0. The zero-order chi connectivity index (χ0) is 76.3. The second-order valence-electron chi connectivity index (χ2n) is 24.0. The Morgan fingerprint density at radius 1 is 0.559 bits per heavy atom. The highest BCUT2D eigenvalue weighted by molar-refractivity contribution is 5.79. The Morgan fingerprint density at radius 2 is 0.961 bits per heavy atom. The number of aliphatic carboxylic acids is 6. The van der Waals surface area contributed by atoms with E-state index in [0.717, 1.165) is 23.3 Å². The van der Waals surface area contributed by atoms with E-state index in [1.54, 1.807) is 34.1 Å². The quantitative estimate of drug-likeness (QED) is 0.0278. The number of likely N-dealkylation sites (N-methyl/N-ethyl adjacent to an activating group) is 2. The number of benzene rings is 2. The maximum atomic E-state index is 12.6. The highest BCUT2D eigenvalue weighted by Crippen LogP contribution is 2.26. The van der Waals surface area contributed by atoms with Crippen molar-refractivity contribution in [1.82, 2.24) is 45.3 Å². The third-order valence-corrected chi connectivity index (χ3v) is 16.4. The molecule has 574 valence electrons. The predicted octanol–water partition coefficient (Wildman–Crippen LogP) is -6.21. The van der Waals surface area contributed by atoms with Crippen LogP contribution in [0.5, 0.6) is 11.5 Å². The minimum atomic E-state index is -2.49. The van der Waals surface area contributed by atoms with Crippen molar-refractivity contribution in [2.75, 3.05) is 152 Å². The summed E-state index contributed by atoms with van der Waals surface area (Å²) in [4.78, 5) is 138. The molecule has 3 fully saturated rings. The van der Waals surface area contributed by atoms with E-state index < -0.39 is 103 Å². The third-order valence-electron chi connectivity index (χ3n) is 16.4. The van der Waals surface area contributed by atoms with Gasteiger partial charge in [0.25, 0.3) is 0 Å². The minimum Gasteiger partial charge on any atom is -0.494 e. The molecule has 2 amide bonds. The van der Waals surface area contributed by atoms with Gasteiger partial charge in [-0.1, -0.05) is 24.3 Å². The molecule has 0 radical (unpaired) electrons. The Balaban J connectivity index is 0.000000713. The zero-order valence-corrected chi connectivity index (χ0v) is 57.1. The molecule has 2 aromatic rings. The van der Waals surface area contributed by atoms with E-state index in [4.69, 9.17) is 49.0 Å². The van der Waals surface area contributed by atoms with E-state index in [1.165, 1.54) is 0 Å². The van der Waals surface area contributed by atoms with Crippen LogP contribution in [0, 0.1) is 0 Å². The molecule has 11 atom stereocenters. The number of nitrogens with two attached hydrogens (primary N) is 1. The van der Waals surface area contributed by atoms with Crippen LogP contribution in [0.3, 0.4) is 0 Å². The monoisotopic (exact) mass is 1460 g/mol. The third kappa shape index (κ3) is 35.7. The lowest BCUT2D eigenvalue weighted by Crippen LogP contribution is -2.62. The summed E-state index contributed by atoms with van der Waals surface area (Å²) in [6.45, 7) is 8.28. The molecule has 5 rings (SSSR count). The molecule has 38 nitrogen and oxygen atoms in total. The molecule has 3 saturated heterocycles. The Bertz CT molecular complexity index is 2880. The van der Waals surface area contributed by atoms with Gasteiger partial charge in [-0.25, -0.2) is 9.59 Å². The van der Waals surface area contributed by atoms with E-state index >= 15 is 0 Å². The number of nitrogens with one attached hydrogen (secondary N) is 3. The summed E-state index contributed by atoms with van der Waals surface area (Å²) in [5, 5.41) is 127. The molecule has 0 spiro atoms. The Kier molecular flexibility index (Phi) is 44.4. The molecule has 0 aromatic heterocycles. The highest BCUT2D eigenvalue weighted by atomic mass is 16.7. The van der Waals surface area contributed by atoms with E-state index in [0.29, 0.717) is 130 Å². The average Bonchev–Trinajstić information content (AvgIpc) is 0.857. The highest BCUT2D eigenvalue weighted by Gasteiger charge is 2.50. The molecule has 0 bridgehead atoms. The molecule has 2 aromatic carbocycles. The maximum Gasteiger partial charge on any atom is 0.373 e. The minimum absolute atomic E-state index is 0.00273. The van der Waals surface area contributed by atoms with Crippen molar-refractivity contribution in [2.45, 2.75) is 119 Å². The summed E-state index contributed by atoms with van der Waals surface area (Å²) in [5.74, 6) is -6.67. The molecular formula is C64H100N10O28. The number of nitrogens with zero attached hydrogens (tertiary/aromatic N) is 6. The van der Waals surface area contributed by atoms with Crippen molar-refractivity contribution in [3.63, 3.8) is 0 Å². The molecule has 17 N–H and O–H groups in total. The van der Waals surface area contributed by atoms with Gasteiger partial charge in [-0.05, 0) is 101 Å². The number of aliphatic hydroxyl groups excluding tert-OH is 6. The van der Waals surface area contributed by atoms with Gasteiger partial charge in [-0.3, -0.25) is 48.4 Å². The summed E-state index contributed by atoms with van der Waals surface area (Å²) >= 11 is 0. The Hall–Kier alpha value is -8.08. The number of carboxylic acids is 6. The number of carbonyl (C=O) groups excluding carboxylic acids is 6. The molecule has 102 heavy (non-hydrogen) atoms. The van der Waals surface area contributed by atoms with Crippen molar-refractivity contribution in [3.05, 3.63) is 59.7 Å². The fraction of sp³-hybridized carbons (Fsp3) is 0.656. The van der Waals surface area contributed by atoms with Gasteiger partial charge in [0.15, 0.2) is 18.5 Å². The van der Waals surface area contributed by atoms with Gasteiger partial charge in [0.1, 0.15) is 54.1 Å². The summed E-state index contributed by atoms with van der Waals surface area (Å²) in [6.07, 6.45) is -15.8. The van der Waals surface area contributed by atoms with Crippen LogP contribution in [0.4, 0.5) is 0 Å². The summed E-state index contributed by atoms with van der Waals surface area (Å²) < 4.78 is 21.6. The lowest BCUT2D eigenvalue weighted by atomic mass is 9.98. The smallest absolute Gasteiger partial charge is 0.373 e. The van der Waals surface area contributed by atoms with E-state index in [9.17, 15) is 94.5 Å². The number of carbonyl (C=O) groups is 8. The number of amides is 2. The zero-order valence-electron chi connectivity index (χ0n) is 57.1. The van der Waals surface area contributed by atoms with Gasteiger partial charge in [0.2, 0.25) is 11.8 Å². The summed E-state index contributed by atoms with van der Waals surface area (Å²) in [6, 6.07) is 13.1. The van der Waals surface area contributed by atoms with Crippen molar-refractivity contribution >= 4 is 59.9 Å². The second kappa shape index (κ2) is 50.3. The molecule has 11 unspecified atom stereocenters. The molecule has 38 heteroatoms. The van der Waals surface area contributed by atoms with Crippen LogP contribution < -0.4 is 31.2 Å². The summed E-state index contributed by atoms with van der Waals surface area (Å²) in [7, 11) is 3.83. The van der Waals surface area contributed by atoms with Crippen LogP contribution in [0.15, 0.2) is 48.5 Å². The van der Waals surface area contributed by atoms with Crippen LogP contribution in [0.1, 0.15) is 49.7 Å². The van der Waals surface area contributed by atoms with E-state index in [2.05, 4.69) is 20.9 Å². The van der Waals surface area contributed by atoms with E-state index in [1.807, 2.05) is 53.1 Å². The summed E-state index contributed by atoms with van der Waals surface area (Å²) in [5.41, 5.74) is 7.56. The number of ether oxygens (including phenoxy) is 4. The van der Waals surface area contributed by atoms with E-state index in [-0.39, 0.29) is 82.6 Å². The predicted molar refractivity (Wildman–Crippen MR) is 351 cm³/mol. The molecule has 0 aliphatic carbocycles. The maximum absolute atomic E-state index is 12.6. The first-order valence-corrected chi connectivity index (χ1v) is 32.9. The van der Waals surface area contributed by atoms with Gasteiger partial charge in [0.05, 0.1) is 32.4 Å². The van der Waals surface area contributed by atoms with Gasteiger partial charge in [-0.15, -0.1) is 0 Å². The lowest BCUT2D eigenvalue weighted by molar-refractivity contribution is -0.319. The first-order chi connectivity index (χ1) is 48.5. The fourth-order valence-electron chi connectivity index (χ4n) is 10.7. The molecule has 3 heterocycles. The van der Waals surface area contributed by atoms with Gasteiger partial charge in [-0.2, -0.15) is 19.2 Å². The van der Waals surface area contributed by atoms with Gasteiger partial charge < -0.3 is 112 Å². The van der Waals surface area contributed by atoms with Crippen LogP contribution in [0.2, 0.25) is 0 Å². The number of carboxylic acid groups (broad SMARTS) is 6. The topological polar surface area (TPSA) is 566 Å². The average molecular weight is 1460 g/mol. The SMILES string of the molecule is CN1CCN(CC(=O)O)CCN(C(CCC(=O)NCCCOc2ccc(CCN)cc2)C(=O)O)CC1.CN1CCN(CC(=O)O)CCN(C(CCC(=O)NCCCOc2ccc(CCNCC(O)C(O)C(OC3OC(C(=O)O)C(O)C(O)C3O)C(O)C(=O)O)cc2)C(=O)O)CC1.O=C=O.O=C=O. The van der Waals surface area contributed by atoms with Crippen molar-refractivity contribution in [2.24, 2.45) is 5.73 Å². The van der Waals surface area contributed by atoms with Crippen molar-refractivity contribution < 1.29 is 138 Å². The first kappa shape index (κ1) is 90.0. The van der Waals surface area contributed by atoms with Crippen molar-refractivity contribution in [3.8, 4) is 11.5 Å². The normalized spacial score (nSPS) is 20.7. The largest absolute Gasteiger partial charge is 0.494 e. The number of hydrogen-bond donors (Lipinski definition) is 16. The van der Waals surface area contributed by atoms with Crippen LogP contribution in [-0.2, 0) is 79.8 Å².